The van der Waals surface area contributed by atoms with Gasteiger partial charge < -0.3 is 4.43 Å². The van der Waals surface area contributed by atoms with Crippen LogP contribution in [-0.4, -0.2) is 14.3 Å². The highest BCUT2D eigenvalue weighted by atomic mass is 28.4. The monoisotopic (exact) mass is 356 g/mol. The smallest absolute Gasteiger partial charge is 0.292 e. The fraction of sp³-hybridized carbons (Fsp3) is 0.952. The van der Waals surface area contributed by atoms with Gasteiger partial charge in [-0.2, -0.15) is 0 Å². The molecule has 0 unspecified atom stereocenters. The molecule has 144 valence electrons. The predicted molar refractivity (Wildman–Crippen MR) is 109 cm³/mol. The highest BCUT2D eigenvalue weighted by molar-refractivity contribution is 6.75. The van der Waals surface area contributed by atoms with Gasteiger partial charge in [-0.05, 0) is 24.6 Å². The van der Waals surface area contributed by atoms with Gasteiger partial charge >= 0.3 is 0 Å². The van der Waals surface area contributed by atoms with Gasteiger partial charge in [0.2, 0.25) is 0 Å². The lowest BCUT2D eigenvalue weighted by molar-refractivity contribution is -0.135. The van der Waals surface area contributed by atoms with E-state index >= 15 is 0 Å². The number of carbonyl (C=O) groups is 1. The van der Waals surface area contributed by atoms with Crippen LogP contribution in [-0.2, 0) is 9.22 Å². The Bertz CT molecular complexity index is 318. The molecule has 0 bridgehead atoms. The summed E-state index contributed by atoms with van der Waals surface area (Å²) in [6.07, 6.45) is 16.5. The minimum atomic E-state index is -1.92. The van der Waals surface area contributed by atoms with Crippen molar-refractivity contribution in [3.63, 3.8) is 0 Å². The van der Waals surface area contributed by atoms with Crippen molar-refractivity contribution in [2.24, 2.45) is 0 Å². The van der Waals surface area contributed by atoms with Gasteiger partial charge in [-0.15, -0.1) is 0 Å². The lowest BCUT2D eigenvalue weighted by Gasteiger charge is -2.35. The second-order valence-corrected chi connectivity index (χ2v) is 13.6. The van der Waals surface area contributed by atoms with Crippen molar-refractivity contribution in [1.82, 2.24) is 0 Å². The molecule has 0 aromatic rings. The van der Waals surface area contributed by atoms with E-state index < -0.39 is 8.32 Å². The van der Waals surface area contributed by atoms with E-state index in [0.717, 1.165) is 6.42 Å². The molecule has 0 aliphatic heterocycles. The number of unbranched alkanes of at least 4 members (excludes halogenated alkanes) is 11. The summed E-state index contributed by atoms with van der Waals surface area (Å²) >= 11 is 0. The zero-order chi connectivity index (χ0) is 18.5. The van der Waals surface area contributed by atoms with Crippen LogP contribution in [0.1, 0.15) is 111 Å². The summed E-state index contributed by atoms with van der Waals surface area (Å²) in [5, 5.41) is 0.110. The molecule has 0 aromatic heterocycles. The van der Waals surface area contributed by atoms with Crippen LogP contribution in [0.5, 0.6) is 0 Å². The summed E-state index contributed by atoms with van der Waals surface area (Å²) in [4.78, 5) is 12.0. The maximum Gasteiger partial charge on any atom is 0.292 e. The molecule has 0 rings (SSSR count). The second kappa shape index (κ2) is 13.0. The minimum absolute atomic E-state index is 0.0219. The first-order chi connectivity index (χ1) is 11.2. The molecule has 0 fully saturated rings. The molecule has 0 amide bonds. The first kappa shape index (κ1) is 23.7. The third kappa shape index (κ3) is 12.1. The number of rotatable bonds is 14. The molecule has 0 atom stereocenters. The van der Waals surface area contributed by atoms with Crippen molar-refractivity contribution in [3.8, 4) is 0 Å². The fourth-order valence-corrected chi connectivity index (χ4v) is 3.58. The van der Waals surface area contributed by atoms with Crippen molar-refractivity contribution in [1.29, 1.82) is 0 Å². The van der Waals surface area contributed by atoms with Crippen LogP contribution in [0.4, 0.5) is 0 Å². The Morgan fingerprint density at radius 3 is 1.50 bits per heavy atom. The molecule has 0 aliphatic rings. The summed E-state index contributed by atoms with van der Waals surface area (Å²) in [5.74, 6) is 0.0219. The minimum Gasteiger partial charge on any atom is -0.519 e. The number of hydrogen-bond acceptors (Lipinski definition) is 2. The average molecular weight is 357 g/mol. The molecule has 3 heteroatoms. The molecular weight excluding hydrogens is 312 g/mol. The lowest BCUT2D eigenvalue weighted by Crippen LogP contribution is -2.42. The van der Waals surface area contributed by atoms with E-state index in [1.54, 1.807) is 0 Å². The third-order valence-corrected chi connectivity index (χ3v) is 9.76. The number of hydrogen-bond donors (Lipinski definition) is 0. The Balaban J connectivity index is 3.46. The normalized spacial score (nSPS) is 12.4. The summed E-state index contributed by atoms with van der Waals surface area (Å²) in [5.41, 5.74) is 0. The molecule has 0 spiro atoms. The zero-order valence-electron chi connectivity index (χ0n) is 17.5. The Labute approximate surface area is 153 Å². The molecular formula is C21H44O2Si. The van der Waals surface area contributed by atoms with Crippen LogP contribution < -0.4 is 0 Å². The predicted octanol–water partition coefficient (Wildman–Crippen LogP) is 7.63. The standard InChI is InChI=1S/C21H44O2Si/c1-7-8-9-10-11-12-13-14-15-16-17-18-19-20(22)23-24(5,6)21(2,3)4/h7-19H2,1-6H3. The van der Waals surface area contributed by atoms with Gasteiger partial charge in [-0.3, -0.25) is 4.79 Å². The maximum absolute atomic E-state index is 12.0. The van der Waals surface area contributed by atoms with E-state index in [0.29, 0.717) is 6.42 Å². The van der Waals surface area contributed by atoms with Gasteiger partial charge in [-0.1, -0.05) is 98.3 Å². The van der Waals surface area contributed by atoms with Gasteiger partial charge in [0.25, 0.3) is 14.3 Å². The van der Waals surface area contributed by atoms with Crippen LogP contribution in [0.3, 0.4) is 0 Å². The molecule has 0 aliphatic carbocycles. The van der Waals surface area contributed by atoms with Gasteiger partial charge in [0.15, 0.2) is 0 Å². The SMILES string of the molecule is CCCCCCCCCCCCCCC(=O)O[Si](C)(C)C(C)(C)C. The third-order valence-electron chi connectivity index (χ3n) is 5.41. The maximum atomic E-state index is 12.0. The van der Waals surface area contributed by atoms with Crippen molar-refractivity contribution in [2.45, 2.75) is 129 Å². The quantitative estimate of drug-likeness (QED) is 0.236. The van der Waals surface area contributed by atoms with Crippen molar-refractivity contribution >= 4 is 14.3 Å². The van der Waals surface area contributed by atoms with Crippen LogP contribution >= 0.6 is 0 Å². The lowest BCUT2D eigenvalue weighted by atomic mass is 10.0. The Kier molecular flexibility index (Phi) is 12.8. The molecule has 0 saturated heterocycles. The van der Waals surface area contributed by atoms with Crippen LogP contribution in [0.15, 0.2) is 0 Å². The van der Waals surface area contributed by atoms with Gasteiger partial charge in [0, 0.05) is 6.42 Å². The van der Waals surface area contributed by atoms with Gasteiger partial charge in [0.05, 0.1) is 0 Å². The summed E-state index contributed by atoms with van der Waals surface area (Å²) in [7, 11) is -1.92. The highest BCUT2D eigenvalue weighted by Crippen LogP contribution is 2.36. The Hall–Kier alpha value is -0.313. The van der Waals surface area contributed by atoms with Crippen molar-refractivity contribution in [2.75, 3.05) is 0 Å². The Morgan fingerprint density at radius 2 is 1.12 bits per heavy atom. The Morgan fingerprint density at radius 1 is 0.750 bits per heavy atom. The number of carbonyl (C=O) groups excluding carboxylic acids is 1. The fourth-order valence-electron chi connectivity index (χ4n) is 2.60. The second-order valence-electron chi connectivity index (χ2n) is 8.87. The molecule has 24 heavy (non-hydrogen) atoms. The molecule has 0 N–H and O–H groups in total. The molecule has 2 nitrogen and oxygen atoms in total. The van der Waals surface area contributed by atoms with Crippen LogP contribution in [0.25, 0.3) is 0 Å². The zero-order valence-corrected chi connectivity index (χ0v) is 18.5. The van der Waals surface area contributed by atoms with E-state index in [-0.39, 0.29) is 11.0 Å². The van der Waals surface area contributed by atoms with Crippen LogP contribution in [0.2, 0.25) is 18.1 Å². The summed E-state index contributed by atoms with van der Waals surface area (Å²) < 4.78 is 5.80. The van der Waals surface area contributed by atoms with Crippen molar-refractivity contribution in [3.05, 3.63) is 0 Å². The van der Waals surface area contributed by atoms with Gasteiger partial charge in [0.1, 0.15) is 0 Å². The van der Waals surface area contributed by atoms with E-state index in [1.165, 1.54) is 70.6 Å². The van der Waals surface area contributed by atoms with E-state index in [1.807, 2.05) is 0 Å². The van der Waals surface area contributed by atoms with E-state index in [4.69, 9.17) is 4.43 Å². The summed E-state index contributed by atoms with van der Waals surface area (Å²) in [6.45, 7) is 13.1. The molecule has 0 heterocycles. The molecule has 0 aromatic carbocycles. The highest BCUT2D eigenvalue weighted by Gasteiger charge is 2.40. The topological polar surface area (TPSA) is 26.3 Å². The van der Waals surface area contributed by atoms with Crippen LogP contribution in [0, 0.1) is 0 Å². The summed E-state index contributed by atoms with van der Waals surface area (Å²) in [6, 6.07) is 0. The first-order valence-electron chi connectivity index (χ1n) is 10.4. The largest absolute Gasteiger partial charge is 0.519 e. The molecule has 0 radical (unpaired) electrons. The van der Waals surface area contributed by atoms with E-state index in [9.17, 15) is 4.79 Å². The van der Waals surface area contributed by atoms with E-state index in [2.05, 4.69) is 40.8 Å². The molecule has 0 saturated carbocycles. The first-order valence-corrected chi connectivity index (χ1v) is 13.3. The van der Waals surface area contributed by atoms with Crippen molar-refractivity contribution < 1.29 is 9.22 Å². The van der Waals surface area contributed by atoms with Gasteiger partial charge in [-0.25, -0.2) is 0 Å². The average Bonchev–Trinajstić information content (AvgIpc) is 2.46.